The number of halogens is 1. The van der Waals surface area contributed by atoms with Crippen molar-refractivity contribution in [2.45, 2.75) is 26.1 Å². The summed E-state index contributed by atoms with van der Waals surface area (Å²) in [5.74, 6) is 0.814. The van der Waals surface area contributed by atoms with Crippen molar-refractivity contribution in [2.24, 2.45) is 0 Å². The SMILES string of the molecule is O=c1[nH]c(-c2ccco2)nc2c1CN(Cc1cccn1Cc1ccc(F)cc1)CC2. The zero-order valence-electron chi connectivity index (χ0n) is 16.3. The maximum Gasteiger partial charge on any atom is 0.256 e. The highest BCUT2D eigenvalue weighted by atomic mass is 19.1. The van der Waals surface area contributed by atoms with Crippen LogP contribution in [0.2, 0.25) is 0 Å². The molecule has 4 aromatic rings. The van der Waals surface area contributed by atoms with E-state index in [0.717, 1.165) is 30.0 Å². The van der Waals surface area contributed by atoms with Crippen molar-refractivity contribution in [1.82, 2.24) is 19.4 Å². The molecule has 0 aliphatic carbocycles. The van der Waals surface area contributed by atoms with Crippen LogP contribution >= 0.6 is 0 Å². The molecule has 0 radical (unpaired) electrons. The second-order valence-electron chi connectivity index (χ2n) is 7.53. The summed E-state index contributed by atoms with van der Waals surface area (Å²) in [6, 6.07) is 14.2. The summed E-state index contributed by atoms with van der Waals surface area (Å²) in [6.07, 6.45) is 4.31. The summed E-state index contributed by atoms with van der Waals surface area (Å²) in [5, 5.41) is 0. The molecule has 0 amide bonds. The van der Waals surface area contributed by atoms with Gasteiger partial charge in [0.05, 0.1) is 17.5 Å². The molecule has 3 aromatic heterocycles. The third-order valence-corrected chi connectivity index (χ3v) is 5.48. The predicted molar refractivity (Wildman–Crippen MR) is 110 cm³/mol. The fourth-order valence-electron chi connectivity index (χ4n) is 3.91. The van der Waals surface area contributed by atoms with Crippen molar-refractivity contribution >= 4 is 0 Å². The zero-order chi connectivity index (χ0) is 20.5. The molecule has 1 aromatic carbocycles. The van der Waals surface area contributed by atoms with E-state index in [2.05, 4.69) is 25.5 Å². The van der Waals surface area contributed by atoms with Crippen molar-refractivity contribution in [2.75, 3.05) is 6.54 Å². The van der Waals surface area contributed by atoms with Crippen LogP contribution in [-0.4, -0.2) is 26.0 Å². The molecule has 1 N–H and O–H groups in total. The second-order valence-corrected chi connectivity index (χ2v) is 7.53. The molecule has 0 atom stereocenters. The number of fused-ring (bicyclic) bond motifs is 1. The standard InChI is InChI=1S/C23H21FN4O2/c24-17-7-5-16(6-8-17)13-28-10-1-3-18(28)14-27-11-9-20-19(15-27)23(29)26-22(25-20)21-4-2-12-30-21/h1-8,10,12H,9,11,13-15H2,(H,25,26,29). The summed E-state index contributed by atoms with van der Waals surface area (Å²) in [4.78, 5) is 22.4. The largest absolute Gasteiger partial charge is 0.461 e. The molecule has 30 heavy (non-hydrogen) atoms. The molecule has 0 spiro atoms. The Hall–Kier alpha value is -3.45. The van der Waals surface area contributed by atoms with Gasteiger partial charge in [0.1, 0.15) is 5.82 Å². The van der Waals surface area contributed by atoms with E-state index in [1.165, 1.54) is 12.1 Å². The van der Waals surface area contributed by atoms with Crippen LogP contribution in [0.5, 0.6) is 0 Å². The van der Waals surface area contributed by atoms with Gasteiger partial charge in [0.15, 0.2) is 11.6 Å². The van der Waals surface area contributed by atoms with Gasteiger partial charge < -0.3 is 14.0 Å². The Morgan fingerprint density at radius 2 is 1.97 bits per heavy atom. The van der Waals surface area contributed by atoms with Crippen LogP contribution in [-0.2, 0) is 26.1 Å². The summed E-state index contributed by atoms with van der Waals surface area (Å²) < 4.78 is 20.7. The Morgan fingerprint density at radius 3 is 2.77 bits per heavy atom. The first-order chi connectivity index (χ1) is 14.7. The van der Waals surface area contributed by atoms with Gasteiger partial charge in [-0.25, -0.2) is 9.37 Å². The van der Waals surface area contributed by atoms with E-state index >= 15 is 0 Å². The third kappa shape index (κ3) is 3.71. The van der Waals surface area contributed by atoms with Gasteiger partial charge in [-0.05, 0) is 42.0 Å². The second kappa shape index (κ2) is 7.76. The van der Waals surface area contributed by atoms with Gasteiger partial charge in [0.25, 0.3) is 5.56 Å². The molecule has 0 saturated carbocycles. The smallest absolute Gasteiger partial charge is 0.256 e. The van der Waals surface area contributed by atoms with Gasteiger partial charge >= 0.3 is 0 Å². The normalized spacial score (nSPS) is 14.0. The molecular formula is C23H21FN4O2. The molecule has 1 aliphatic rings. The molecule has 7 heteroatoms. The number of aromatic amines is 1. The lowest BCUT2D eigenvalue weighted by Crippen LogP contribution is -2.35. The molecule has 1 aliphatic heterocycles. The minimum absolute atomic E-state index is 0.113. The average Bonchev–Trinajstić information content (AvgIpc) is 3.43. The number of hydrogen-bond acceptors (Lipinski definition) is 4. The van der Waals surface area contributed by atoms with E-state index in [0.29, 0.717) is 36.7 Å². The van der Waals surface area contributed by atoms with Gasteiger partial charge in [-0.15, -0.1) is 0 Å². The lowest BCUT2D eigenvalue weighted by atomic mass is 10.1. The number of benzene rings is 1. The number of H-pyrrole nitrogens is 1. The molecule has 0 bridgehead atoms. The van der Waals surface area contributed by atoms with E-state index in [4.69, 9.17) is 4.42 Å². The van der Waals surface area contributed by atoms with Crippen LogP contribution in [0.4, 0.5) is 4.39 Å². The Balaban J connectivity index is 1.32. The highest BCUT2D eigenvalue weighted by molar-refractivity contribution is 5.47. The van der Waals surface area contributed by atoms with Gasteiger partial charge in [-0.1, -0.05) is 12.1 Å². The number of furan rings is 1. The fraction of sp³-hybridized carbons (Fsp3) is 0.217. The van der Waals surface area contributed by atoms with E-state index in [-0.39, 0.29) is 11.4 Å². The van der Waals surface area contributed by atoms with Crippen LogP contribution in [0, 0.1) is 5.82 Å². The number of nitrogens with zero attached hydrogens (tertiary/aromatic N) is 3. The molecular weight excluding hydrogens is 383 g/mol. The third-order valence-electron chi connectivity index (χ3n) is 5.48. The van der Waals surface area contributed by atoms with Crippen molar-refractivity contribution in [3.05, 3.63) is 99.7 Å². The fourth-order valence-corrected chi connectivity index (χ4v) is 3.91. The number of rotatable bonds is 5. The Labute approximate surface area is 172 Å². The molecule has 4 heterocycles. The number of aromatic nitrogens is 3. The van der Waals surface area contributed by atoms with Crippen LogP contribution in [0.25, 0.3) is 11.6 Å². The summed E-state index contributed by atoms with van der Waals surface area (Å²) in [7, 11) is 0. The zero-order valence-corrected chi connectivity index (χ0v) is 16.3. The Bertz CT molecular complexity index is 1210. The van der Waals surface area contributed by atoms with Crippen LogP contribution in [0.1, 0.15) is 22.5 Å². The molecule has 0 fully saturated rings. The molecule has 152 valence electrons. The Kier molecular flexibility index (Phi) is 4.80. The highest BCUT2D eigenvalue weighted by Gasteiger charge is 2.22. The predicted octanol–water partition coefficient (Wildman–Crippen LogP) is 3.58. The number of nitrogens with one attached hydrogen (secondary N) is 1. The van der Waals surface area contributed by atoms with E-state index in [9.17, 15) is 9.18 Å². The average molecular weight is 404 g/mol. The monoisotopic (exact) mass is 404 g/mol. The molecule has 0 unspecified atom stereocenters. The van der Waals surface area contributed by atoms with Crippen molar-refractivity contribution in [3.8, 4) is 11.6 Å². The number of hydrogen-bond donors (Lipinski definition) is 1. The van der Waals surface area contributed by atoms with Gasteiger partial charge in [0, 0.05) is 44.5 Å². The van der Waals surface area contributed by atoms with Crippen LogP contribution in [0.3, 0.4) is 0 Å². The van der Waals surface area contributed by atoms with Crippen molar-refractivity contribution in [1.29, 1.82) is 0 Å². The summed E-state index contributed by atoms with van der Waals surface area (Å²) >= 11 is 0. The first-order valence-corrected chi connectivity index (χ1v) is 9.92. The minimum atomic E-state index is -0.229. The van der Waals surface area contributed by atoms with Crippen LogP contribution < -0.4 is 5.56 Å². The van der Waals surface area contributed by atoms with Crippen molar-refractivity contribution < 1.29 is 8.81 Å². The maximum absolute atomic E-state index is 13.2. The molecule has 0 saturated heterocycles. The first kappa shape index (κ1) is 18.6. The van der Waals surface area contributed by atoms with Gasteiger partial charge in [-0.3, -0.25) is 9.69 Å². The minimum Gasteiger partial charge on any atom is -0.461 e. The molecule has 5 rings (SSSR count). The lowest BCUT2D eigenvalue weighted by Gasteiger charge is -2.28. The molecule has 6 nitrogen and oxygen atoms in total. The quantitative estimate of drug-likeness (QED) is 0.552. The van der Waals surface area contributed by atoms with E-state index < -0.39 is 0 Å². The first-order valence-electron chi connectivity index (χ1n) is 9.92. The summed E-state index contributed by atoms with van der Waals surface area (Å²) in [6.45, 7) is 2.79. The van der Waals surface area contributed by atoms with Gasteiger partial charge in [0.2, 0.25) is 0 Å². The van der Waals surface area contributed by atoms with E-state index in [1.807, 2.05) is 12.3 Å². The summed E-state index contributed by atoms with van der Waals surface area (Å²) in [5.41, 5.74) is 3.64. The maximum atomic E-state index is 13.2. The van der Waals surface area contributed by atoms with Crippen LogP contribution in [0.15, 0.2) is 70.2 Å². The highest BCUT2D eigenvalue weighted by Crippen LogP contribution is 2.20. The van der Waals surface area contributed by atoms with Gasteiger partial charge in [-0.2, -0.15) is 0 Å². The van der Waals surface area contributed by atoms with Crippen molar-refractivity contribution in [3.63, 3.8) is 0 Å². The topological polar surface area (TPSA) is 67.1 Å². The lowest BCUT2D eigenvalue weighted by molar-refractivity contribution is 0.236. The Morgan fingerprint density at radius 1 is 1.10 bits per heavy atom. The van der Waals surface area contributed by atoms with E-state index in [1.54, 1.807) is 30.5 Å².